The van der Waals surface area contributed by atoms with E-state index in [4.69, 9.17) is 4.42 Å². The van der Waals surface area contributed by atoms with Crippen molar-refractivity contribution in [3.05, 3.63) is 47.5 Å². The molecule has 3 aromatic rings. The molecule has 92 valence electrons. The molecule has 0 radical (unpaired) electrons. The van der Waals surface area contributed by atoms with E-state index in [1.165, 1.54) is 21.9 Å². The van der Waals surface area contributed by atoms with Crippen molar-refractivity contribution in [2.75, 3.05) is 0 Å². The summed E-state index contributed by atoms with van der Waals surface area (Å²) in [5, 5.41) is 2.42. The monoisotopic (exact) mass is 238 g/mol. The number of hydrogen-bond donors (Lipinski definition) is 0. The van der Waals surface area contributed by atoms with Crippen LogP contribution >= 0.6 is 0 Å². The molecule has 1 aromatic heterocycles. The first-order valence-electron chi connectivity index (χ1n) is 6.39. The van der Waals surface area contributed by atoms with Crippen molar-refractivity contribution in [3.8, 4) is 0 Å². The summed E-state index contributed by atoms with van der Waals surface area (Å²) >= 11 is 0. The van der Waals surface area contributed by atoms with Crippen LogP contribution in [0.2, 0.25) is 0 Å². The van der Waals surface area contributed by atoms with Crippen LogP contribution in [0.3, 0.4) is 0 Å². The van der Waals surface area contributed by atoms with Gasteiger partial charge >= 0.3 is 0 Å². The minimum Gasteiger partial charge on any atom is -0.456 e. The van der Waals surface area contributed by atoms with E-state index >= 15 is 0 Å². The fourth-order valence-electron chi connectivity index (χ4n) is 2.69. The van der Waals surface area contributed by atoms with Gasteiger partial charge < -0.3 is 4.42 Å². The molecular weight excluding hydrogens is 220 g/mol. The molecule has 1 heterocycles. The van der Waals surface area contributed by atoms with E-state index in [1.54, 1.807) is 0 Å². The van der Waals surface area contributed by atoms with E-state index in [9.17, 15) is 0 Å². The van der Waals surface area contributed by atoms with E-state index in [0.717, 1.165) is 11.2 Å². The van der Waals surface area contributed by atoms with Crippen LogP contribution in [0.25, 0.3) is 21.9 Å². The molecule has 0 spiro atoms. The molecule has 0 saturated carbocycles. The van der Waals surface area contributed by atoms with Gasteiger partial charge in [-0.1, -0.05) is 39.0 Å². The molecule has 0 amide bonds. The molecule has 0 aliphatic heterocycles. The molecule has 1 nitrogen and oxygen atoms in total. The Kier molecular flexibility index (Phi) is 2.28. The Morgan fingerprint density at radius 2 is 1.61 bits per heavy atom. The summed E-state index contributed by atoms with van der Waals surface area (Å²) in [5.41, 5.74) is 4.80. The summed E-state index contributed by atoms with van der Waals surface area (Å²) < 4.78 is 5.94. The van der Waals surface area contributed by atoms with Crippen molar-refractivity contribution in [2.45, 2.75) is 33.1 Å². The van der Waals surface area contributed by atoms with Crippen molar-refractivity contribution in [2.24, 2.45) is 0 Å². The minimum atomic E-state index is 0.150. The van der Waals surface area contributed by atoms with E-state index in [-0.39, 0.29) is 5.41 Å². The third-order valence-electron chi connectivity index (χ3n) is 3.53. The normalized spacial score (nSPS) is 12.4. The molecule has 0 fully saturated rings. The van der Waals surface area contributed by atoms with Gasteiger partial charge in [0.05, 0.1) is 0 Å². The minimum absolute atomic E-state index is 0.150. The van der Waals surface area contributed by atoms with Crippen LogP contribution in [0, 0.1) is 6.92 Å². The maximum absolute atomic E-state index is 5.94. The van der Waals surface area contributed by atoms with Crippen molar-refractivity contribution in [1.82, 2.24) is 0 Å². The number of furan rings is 1. The standard InChI is InChI=1S/C17H18O/c1-11-9-13-12-7-5-6-8-15(12)18-16(13)10-14(11)17(2,3)4/h5-10H,1-4H3. The Labute approximate surface area is 107 Å². The summed E-state index contributed by atoms with van der Waals surface area (Å²) in [4.78, 5) is 0. The Morgan fingerprint density at radius 1 is 0.889 bits per heavy atom. The Balaban J connectivity index is 2.40. The lowest BCUT2D eigenvalue weighted by Crippen LogP contribution is -2.12. The Morgan fingerprint density at radius 3 is 2.33 bits per heavy atom. The summed E-state index contributed by atoms with van der Waals surface area (Å²) in [5.74, 6) is 0. The van der Waals surface area contributed by atoms with Gasteiger partial charge in [0, 0.05) is 10.8 Å². The lowest BCUT2D eigenvalue weighted by atomic mass is 9.83. The molecule has 0 saturated heterocycles. The molecular formula is C17H18O. The second kappa shape index (κ2) is 3.61. The van der Waals surface area contributed by atoms with Crippen LogP contribution in [0.4, 0.5) is 0 Å². The molecule has 1 heteroatoms. The highest BCUT2D eigenvalue weighted by Gasteiger charge is 2.18. The number of para-hydroxylation sites is 1. The first kappa shape index (κ1) is 11.3. The molecule has 18 heavy (non-hydrogen) atoms. The highest BCUT2D eigenvalue weighted by atomic mass is 16.3. The molecule has 0 bridgehead atoms. The second-order valence-corrected chi connectivity index (χ2v) is 6.01. The fraction of sp³-hybridized carbons (Fsp3) is 0.294. The average molecular weight is 238 g/mol. The van der Waals surface area contributed by atoms with Gasteiger partial charge in [-0.25, -0.2) is 0 Å². The third-order valence-corrected chi connectivity index (χ3v) is 3.53. The largest absolute Gasteiger partial charge is 0.456 e. The zero-order valence-corrected chi connectivity index (χ0v) is 11.4. The van der Waals surface area contributed by atoms with Crippen molar-refractivity contribution >= 4 is 21.9 Å². The number of hydrogen-bond acceptors (Lipinski definition) is 1. The van der Waals surface area contributed by atoms with Crippen molar-refractivity contribution in [3.63, 3.8) is 0 Å². The zero-order valence-electron chi connectivity index (χ0n) is 11.4. The molecule has 0 aliphatic rings. The maximum Gasteiger partial charge on any atom is 0.135 e. The number of benzene rings is 2. The quantitative estimate of drug-likeness (QED) is 0.525. The van der Waals surface area contributed by atoms with Gasteiger partial charge in [0.1, 0.15) is 11.2 Å². The predicted molar refractivity (Wildman–Crippen MR) is 77.2 cm³/mol. The number of rotatable bonds is 0. The Hall–Kier alpha value is -1.76. The lowest BCUT2D eigenvalue weighted by molar-refractivity contribution is 0.583. The van der Waals surface area contributed by atoms with Gasteiger partial charge in [-0.2, -0.15) is 0 Å². The summed E-state index contributed by atoms with van der Waals surface area (Å²) in [7, 11) is 0. The van der Waals surface area contributed by atoms with Gasteiger partial charge in [0.2, 0.25) is 0 Å². The fourth-order valence-corrected chi connectivity index (χ4v) is 2.69. The van der Waals surface area contributed by atoms with Crippen LogP contribution in [-0.4, -0.2) is 0 Å². The molecule has 0 aliphatic carbocycles. The summed E-state index contributed by atoms with van der Waals surface area (Å²) in [6.07, 6.45) is 0. The van der Waals surface area contributed by atoms with E-state index in [0.29, 0.717) is 0 Å². The lowest BCUT2D eigenvalue weighted by Gasteiger charge is -2.21. The van der Waals surface area contributed by atoms with Crippen LogP contribution < -0.4 is 0 Å². The summed E-state index contributed by atoms with van der Waals surface area (Å²) in [6, 6.07) is 12.7. The van der Waals surface area contributed by atoms with Crippen LogP contribution in [0.15, 0.2) is 40.8 Å². The van der Waals surface area contributed by atoms with Crippen LogP contribution in [-0.2, 0) is 5.41 Å². The van der Waals surface area contributed by atoms with Gasteiger partial charge in [-0.05, 0) is 41.7 Å². The average Bonchev–Trinajstić information content (AvgIpc) is 2.65. The highest BCUT2D eigenvalue weighted by Crippen LogP contribution is 2.34. The van der Waals surface area contributed by atoms with Crippen molar-refractivity contribution in [1.29, 1.82) is 0 Å². The molecule has 2 aromatic carbocycles. The maximum atomic E-state index is 5.94. The third kappa shape index (κ3) is 1.62. The van der Waals surface area contributed by atoms with Crippen LogP contribution in [0.1, 0.15) is 31.9 Å². The molecule has 3 rings (SSSR count). The number of aryl methyl sites for hydroxylation is 1. The predicted octanol–water partition coefficient (Wildman–Crippen LogP) is 5.19. The van der Waals surface area contributed by atoms with Gasteiger partial charge in [-0.3, -0.25) is 0 Å². The number of fused-ring (bicyclic) bond motifs is 3. The zero-order chi connectivity index (χ0) is 12.9. The highest BCUT2D eigenvalue weighted by molar-refractivity contribution is 6.05. The summed E-state index contributed by atoms with van der Waals surface area (Å²) in [6.45, 7) is 8.90. The topological polar surface area (TPSA) is 13.1 Å². The second-order valence-electron chi connectivity index (χ2n) is 6.01. The molecule has 0 unspecified atom stereocenters. The van der Waals surface area contributed by atoms with E-state index in [2.05, 4.69) is 52.0 Å². The van der Waals surface area contributed by atoms with Gasteiger partial charge in [0.25, 0.3) is 0 Å². The van der Waals surface area contributed by atoms with E-state index < -0.39 is 0 Å². The first-order chi connectivity index (χ1) is 8.47. The van der Waals surface area contributed by atoms with Crippen LogP contribution in [0.5, 0.6) is 0 Å². The van der Waals surface area contributed by atoms with Gasteiger partial charge in [-0.15, -0.1) is 0 Å². The van der Waals surface area contributed by atoms with E-state index in [1.807, 2.05) is 12.1 Å². The van der Waals surface area contributed by atoms with Crippen molar-refractivity contribution < 1.29 is 4.42 Å². The van der Waals surface area contributed by atoms with Gasteiger partial charge in [0.15, 0.2) is 0 Å². The smallest absolute Gasteiger partial charge is 0.135 e. The molecule has 0 atom stereocenters. The Bertz CT molecular complexity index is 726. The SMILES string of the molecule is Cc1cc2c(cc1C(C)(C)C)oc1ccccc12. The molecule has 0 N–H and O–H groups in total. The first-order valence-corrected chi connectivity index (χ1v) is 6.39.